The molecule has 0 fully saturated rings. The minimum Gasteiger partial charge on any atom is -0.459 e. The summed E-state index contributed by atoms with van der Waals surface area (Å²) in [5.74, 6) is -0.430. The molecule has 1 N–H and O–H groups in total. The lowest BCUT2D eigenvalue weighted by Gasteiger charge is -2.08. The Kier molecular flexibility index (Phi) is 4.57. The molecule has 2 aromatic carbocycles. The van der Waals surface area contributed by atoms with E-state index >= 15 is 0 Å². The van der Waals surface area contributed by atoms with E-state index in [2.05, 4.69) is 4.98 Å². The molecule has 3 aromatic rings. The second-order valence-electron chi connectivity index (χ2n) is 6.12. The number of carbonyl (C=O) groups excluding carboxylic acids is 2. The number of fused-ring (bicyclic) bond motifs is 1. The molecule has 0 aliphatic carbocycles. The SMILES string of the molecule is Cc1ccc(OC(=O)c2c[nH]c3ccc(C(=O)OC(C)C)cc23)cc1. The molecular weight excluding hydrogens is 318 g/mol. The minimum absolute atomic E-state index is 0.208. The maximum absolute atomic E-state index is 12.5. The first-order chi connectivity index (χ1) is 11.9. The molecule has 1 heterocycles. The third-order valence-corrected chi connectivity index (χ3v) is 3.71. The van der Waals surface area contributed by atoms with Crippen molar-refractivity contribution in [2.24, 2.45) is 0 Å². The van der Waals surface area contributed by atoms with Crippen LogP contribution in [-0.2, 0) is 4.74 Å². The Balaban J connectivity index is 1.89. The Bertz CT molecular complexity index is 923. The molecule has 0 atom stereocenters. The third-order valence-electron chi connectivity index (χ3n) is 3.71. The number of carbonyl (C=O) groups is 2. The van der Waals surface area contributed by atoms with Gasteiger partial charge in [0.2, 0.25) is 0 Å². The van der Waals surface area contributed by atoms with E-state index in [9.17, 15) is 9.59 Å². The average molecular weight is 337 g/mol. The van der Waals surface area contributed by atoms with Gasteiger partial charge in [0, 0.05) is 17.1 Å². The molecule has 0 saturated carbocycles. The summed E-state index contributed by atoms with van der Waals surface area (Å²) < 4.78 is 10.6. The van der Waals surface area contributed by atoms with Crippen LogP contribution in [0.5, 0.6) is 5.75 Å². The van der Waals surface area contributed by atoms with Crippen molar-refractivity contribution in [3.8, 4) is 5.75 Å². The van der Waals surface area contributed by atoms with Crippen molar-refractivity contribution in [3.05, 3.63) is 65.4 Å². The molecule has 128 valence electrons. The predicted molar refractivity (Wildman–Crippen MR) is 95.0 cm³/mol. The van der Waals surface area contributed by atoms with E-state index in [1.165, 1.54) is 0 Å². The van der Waals surface area contributed by atoms with E-state index in [1.54, 1.807) is 50.4 Å². The molecule has 0 radical (unpaired) electrons. The molecule has 0 spiro atoms. The Morgan fingerprint density at radius 1 is 1.00 bits per heavy atom. The highest BCUT2D eigenvalue weighted by molar-refractivity contribution is 6.06. The molecule has 0 saturated heterocycles. The van der Waals surface area contributed by atoms with Gasteiger partial charge in [-0.05, 0) is 51.1 Å². The number of aromatic amines is 1. The lowest BCUT2D eigenvalue weighted by atomic mass is 10.1. The van der Waals surface area contributed by atoms with Crippen molar-refractivity contribution in [1.82, 2.24) is 4.98 Å². The number of nitrogens with one attached hydrogen (secondary N) is 1. The van der Waals surface area contributed by atoms with Crippen molar-refractivity contribution in [1.29, 1.82) is 0 Å². The summed E-state index contributed by atoms with van der Waals surface area (Å²) in [6, 6.07) is 12.3. The Morgan fingerprint density at radius 3 is 2.40 bits per heavy atom. The van der Waals surface area contributed by atoms with Crippen molar-refractivity contribution in [2.45, 2.75) is 26.9 Å². The number of H-pyrrole nitrogens is 1. The van der Waals surface area contributed by atoms with Gasteiger partial charge in [0.15, 0.2) is 0 Å². The zero-order valence-corrected chi connectivity index (χ0v) is 14.3. The molecule has 0 aliphatic rings. The van der Waals surface area contributed by atoms with Gasteiger partial charge in [-0.2, -0.15) is 0 Å². The van der Waals surface area contributed by atoms with Crippen LogP contribution >= 0.6 is 0 Å². The number of rotatable bonds is 4. The topological polar surface area (TPSA) is 68.4 Å². The molecule has 1 aromatic heterocycles. The first-order valence-electron chi connectivity index (χ1n) is 8.05. The van der Waals surface area contributed by atoms with Crippen LogP contribution in [0.3, 0.4) is 0 Å². The van der Waals surface area contributed by atoms with Gasteiger partial charge in [-0.1, -0.05) is 17.7 Å². The fourth-order valence-electron chi connectivity index (χ4n) is 2.47. The second-order valence-corrected chi connectivity index (χ2v) is 6.12. The van der Waals surface area contributed by atoms with E-state index in [-0.39, 0.29) is 6.10 Å². The Labute approximate surface area is 145 Å². The monoisotopic (exact) mass is 337 g/mol. The number of ether oxygens (including phenoxy) is 2. The predicted octanol–water partition coefficient (Wildman–Crippen LogP) is 4.26. The molecule has 5 heteroatoms. The Hall–Kier alpha value is -3.08. The van der Waals surface area contributed by atoms with Gasteiger partial charge in [-0.15, -0.1) is 0 Å². The smallest absolute Gasteiger partial charge is 0.345 e. The summed E-state index contributed by atoms with van der Waals surface area (Å²) in [7, 11) is 0. The maximum Gasteiger partial charge on any atom is 0.345 e. The molecule has 25 heavy (non-hydrogen) atoms. The fourth-order valence-corrected chi connectivity index (χ4v) is 2.47. The van der Waals surface area contributed by atoms with Gasteiger partial charge in [0.25, 0.3) is 0 Å². The van der Waals surface area contributed by atoms with E-state index in [4.69, 9.17) is 9.47 Å². The summed E-state index contributed by atoms with van der Waals surface area (Å²) >= 11 is 0. The van der Waals surface area contributed by atoms with Gasteiger partial charge in [0.1, 0.15) is 5.75 Å². The average Bonchev–Trinajstić information content (AvgIpc) is 2.99. The zero-order chi connectivity index (χ0) is 18.0. The molecule has 0 unspecified atom stereocenters. The largest absolute Gasteiger partial charge is 0.459 e. The minimum atomic E-state index is -0.482. The number of aromatic nitrogens is 1. The first kappa shape index (κ1) is 16.8. The van der Waals surface area contributed by atoms with Crippen molar-refractivity contribution < 1.29 is 19.1 Å². The number of hydrogen-bond acceptors (Lipinski definition) is 4. The van der Waals surface area contributed by atoms with Crippen LogP contribution in [-0.4, -0.2) is 23.0 Å². The van der Waals surface area contributed by atoms with Crippen LogP contribution in [0.25, 0.3) is 10.9 Å². The van der Waals surface area contributed by atoms with Gasteiger partial charge in [0.05, 0.1) is 17.2 Å². The van der Waals surface area contributed by atoms with E-state index in [0.717, 1.165) is 11.1 Å². The van der Waals surface area contributed by atoms with E-state index in [0.29, 0.717) is 22.3 Å². The lowest BCUT2D eigenvalue weighted by molar-refractivity contribution is 0.0377. The number of benzene rings is 2. The van der Waals surface area contributed by atoms with Crippen molar-refractivity contribution in [3.63, 3.8) is 0 Å². The number of aryl methyl sites for hydroxylation is 1. The van der Waals surface area contributed by atoms with Gasteiger partial charge >= 0.3 is 11.9 Å². The van der Waals surface area contributed by atoms with Crippen LogP contribution in [0.15, 0.2) is 48.7 Å². The van der Waals surface area contributed by atoms with E-state index < -0.39 is 11.9 Å². The summed E-state index contributed by atoms with van der Waals surface area (Å²) in [5, 5.41) is 0.621. The fraction of sp³-hybridized carbons (Fsp3) is 0.200. The molecule has 0 bridgehead atoms. The normalized spacial score (nSPS) is 10.9. The van der Waals surface area contributed by atoms with Gasteiger partial charge in [-0.25, -0.2) is 9.59 Å². The molecule has 0 amide bonds. The third kappa shape index (κ3) is 3.71. The second kappa shape index (κ2) is 6.81. The first-order valence-corrected chi connectivity index (χ1v) is 8.05. The molecule has 0 aliphatic heterocycles. The quantitative estimate of drug-likeness (QED) is 0.570. The number of hydrogen-bond donors (Lipinski definition) is 1. The van der Waals surface area contributed by atoms with Gasteiger partial charge < -0.3 is 14.5 Å². The van der Waals surface area contributed by atoms with Crippen LogP contribution in [0.4, 0.5) is 0 Å². The van der Waals surface area contributed by atoms with Gasteiger partial charge in [-0.3, -0.25) is 0 Å². The zero-order valence-electron chi connectivity index (χ0n) is 14.3. The van der Waals surface area contributed by atoms with Crippen LogP contribution in [0, 0.1) is 6.92 Å². The van der Waals surface area contributed by atoms with Crippen molar-refractivity contribution >= 4 is 22.8 Å². The lowest BCUT2D eigenvalue weighted by Crippen LogP contribution is -2.12. The molecular formula is C20H19NO4. The number of esters is 2. The summed E-state index contributed by atoms with van der Waals surface area (Å²) in [5.41, 5.74) is 2.59. The summed E-state index contributed by atoms with van der Waals surface area (Å²) in [6.45, 7) is 5.54. The van der Waals surface area contributed by atoms with Crippen LogP contribution in [0.1, 0.15) is 40.1 Å². The Morgan fingerprint density at radius 2 is 1.72 bits per heavy atom. The highest BCUT2D eigenvalue weighted by atomic mass is 16.5. The van der Waals surface area contributed by atoms with E-state index in [1.807, 2.05) is 19.1 Å². The summed E-state index contributed by atoms with van der Waals surface area (Å²) in [6.07, 6.45) is 1.37. The van der Waals surface area contributed by atoms with Crippen molar-refractivity contribution in [2.75, 3.05) is 0 Å². The van der Waals surface area contributed by atoms with Crippen LogP contribution in [0.2, 0.25) is 0 Å². The standard InChI is InChI=1S/C20H19NO4/c1-12(2)24-19(22)14-6-9-18-16(10-14)17(11-21-18)20(23)25-15-7-4-13(3)5-8-15/h4-12,21H,1-3H3. The molecule has 3 rings (SSSR count). The highest BCUT2D eigenvalue weighted by Gasteiger charge is 2.17. The highest BCUT2D eigenvalue weighted by Crippen LogP contribution is 2.23. The van der Waals surface area contributed by atoms with Crippen LogP contribution < -0.4 is 4.74 Å². The summed E-state index contributed by atoms with van der Waals surface area (Å²) in [4.78, 5) is 27.6. The molecule has 5 nitrogen and oxygen atoms in total. The maximum atomic E-state index is 12.5.